The van der Waals surface area contributed by atoms with Crippen molar-refractivity contribution in [3.63, 3.8) is 0 Å². The number of nitrogens with zero attached hydrogens (tertiary/aromatic N) is 3. The second-order valence-corrected chi connectivity index (χ2v) is 12.7. The molecular weight excluding hydrogens is 677 g/mol. The summed E-state index contributed by atoms with van der Waals surface area (Å²) >= 11 is 0. The van der Waals surface area contributed by atoms with Crippen LogP contribution < -0.4 is 36.2 Å². The van der Waals surface area contributed by atoms with E-state index in [1.165, 1.54) is 23.0 Å². The summed E-state index contributed by atoms with van der Waals surface area (Å²) in [4.78, 5) is 56.6. The van der Waals surface area contributed by atoms with Crippen LogP contribution in [0.2, 0.25) is 0 Å². The summed E-state index contributed by atoms with van der Waals surface area (Å²) < 4.78 is 46.5. The van der Waals surface area contributed by atoms with Gasteiger partial charge in [-0.1, -0.05) is 60.7 Å². The molecule has 14 heteroatoms. The molecule has 2 aliphatic rings. The molecule has 0 saturated heterocycles. The normalized spacial score (nSPS) is 17.6. The topological polar surface area (TPSA) is 151 Å². The van der Waals surface area contributed by atoms with E-state index >= 15 is 0 Å². The number of nitrogens with one attached hydrogen (secondary N) is 1. The number of urea groups is 2. The Morgan fingerprint density at radius 1 is 0.923 bits per heavy atom. The molecule has 6 amide bonds. The van der Waals surface area contributed by atoms with Crippen LogP contribution in [0.4, 0.5) is 39.8 Å². The van der Waals surface area contributed by atoms with Gasteiger partial charge in [0.2, 0.25) is 5.91 Å². The SMILES string of the molecule is COc1cccc2c1N([C@@H](C)c1ccccc1)C(=O)[C@H](N(C(N)=O)c1ccc(CCN3C(=O)[C@H](NC(N)=O)Cc4ccc(C(F)(F)F)cc43)cc1)C2. The molecule has 4 aromatic rings. The highest BCUT2D eigenvalue weighted by atomic mass is 19.4. The lowest BCUT2D eigenvalue weighted by Gasteiger charge is -2.42. The van der Waals surface area contributed by atoms with Crippen molar-refractivity contribution in [3.05, 3.63) is 119 Å². The summed E-state index contributed by atoms with van der Waals surface area (Å²) in [6.45, 7) is 1.88. The first-order chi connectivity index (χ1) is 24.8. The van der Waals surface area contributed by atoms with Crippen molar-refractivity contribution in [2.24, 2.45) is 11.5 Å². The molecule has 0 fully saturated rings. The minimum absolute atomic E-state index is 0.0118. The number of ether oxygens (including phenoxy) is 1. The average Bonchev–Trinajstić information content (AvgIpc) is 3.11. The van der Waals surface area contributed by atoms with Crippen LogP contribution in [0.25, 0.3) is 0 Å². The van der Waals surface area contributed by atoms with Crippen LogP contribution in [0.15, 0.2) is 91.0 Å². The molecule has 0 spiro atoms. The zero-order chi connectivity index (χ0) is 37.3. The predicted molar refractivity (Wildman–Crippen MR) is 189 cm³/mol. The lowest BCUT2D eigenvalue weighted by atomic mass is 9.92. The maximum atomic E-state index is 14.4. The van der Waals surface area contributed by atoms with Gasteiger partial charge in [0.25, 0.3) is 5.91 Å². The van der Waals surface area contributed by atoms with Crippen LogP contribution >= 0.6 is 0 Å². The lowest BCUT2D eigenvalue weighted by molar-refractivity contribution is -0.137. The molecule has 0 bridgehead atoms. The Morgan fingerprint density at radius 3 is 2.27 bits per heavy atom. The molecule has 0 aromatic heterocycles. The number of amides is 6. The minimum atomic E-state index is -4.63. The molecule has 2 aliphatic heterocycles. The van der Waals surface area contributed by atoms with E-state index in [2.05, 4.69) is 5.32 Å². The zero-order valence-corrected chi connectivity index (χ0v) is 28.4. The summed E-state index contributed by atoms with van der Waals surface area (Å²) in [5.74, 6) is -0.428. The number of hydrogen-bond donors (Lipinski definition) is 3. The standard InChI is InChI=1S/C38H37F3N6O5/c1-22(24-7-4-3-5-8-24)46-33-26(9-6-10-32(33)52-2)20-31(35(46)49)47(37(43)51)28-15-11-23(12-16-28)17-18-45-30-21-27(38(39,40)41)14-13-25(30)19-29(34(45)48)44-36(42)50/h3-16,21-22,29,31H,17-20H2,1-2H3,(H2,43,51)(H3,42,44,50)/t22-,29+,31+/m0/s1. The Morgan fingerprint density at radius 2 is 1.63 bits per heavy atom. The fourth-order valence-electron chi connectivity index (χ4n) is 7.02. The summed E-state index contributed by atoms with van der Waals surface area (Å²) in [6.07, 6.45) is -4.26. The summed E-state index contributed by atoms with van der Waals surface area (Å²) in [5.41, 5.74) is 14.2. The number of fused-ring (bicyclic) bond motifs is 2. The van der Waals surface area contributed by atoms with E-state index in [0.29, 0.717) is 28.3 Å². The number of benzene rings is 4. The smallest absolute Gasteiger partial charge is 0.416 e. The quantitative estimate of drug-likeness (QED) is 0.210. The van der Waals surface area contributed by atoms with Gasteiger partial charge in [-0.25, -0.2) is 9.59 Å². The highest BCUT2D eigenvalue weighted by molar-refractivity contribution is 6.08. The number of carbonyl (C=O) groups is 4. The van der Waals surface area contributed by atoms with Gasteiger partial charge in [-0.3, -0.25) is 19.4 Å². The third kappa shape index (κ3) is 6.96. The number of para-hydroxylation sites is 1. The van der Waals surface area contributed by atoms with E-state index in [-0.39, 0.29) is 37.4 Å². The number of carbonyl (C=O) groups excluding carboxylic acids is 4. The molecule has 52 heavy (non-hydrogen) atoms. The maximum absolute atomic E-state index is 14.4. The minimum Gasteiger partial charge on any atom is -0.495 e. The van der Waals surface area contributed by atoms with Gasteiger partial charge in [0.1, 0.15) is 17.8 Å². The Labute approximate surface area is 297 Å². The van der Waals surface area contributed by atoms with Gasteiger partial charge in [0.05, 0.1) is 24.4 Å². The van der Waals surface area contributed by atoms with Crippen LogP contribution in [0.1, 0.15) is 40.8 Å². The van der Waals surface area contributed by atoms with Crippen LogP contribution in [-0.4, -0.2) is 49.6 Å². The maximum Gasteiger partial charge on any atom is 0.416 e. The number of primary amides is 2. The Kier molecular flexibility index (Phi) is 9.83. The molecular formula is C38H37F3N6O5. The summed E-state index contributed by atoms with van der Waals surface area (Å²) in [6, 6.07) is 20.5. The summed E-state index contributed by atoms with van der Waals surface area (Å²) in [7, 11) is 1.53. The largest absolute Gasteiger partial charge is 0.495 e. The van der Waals surface area contributed by atoms with Crippen LogP contribution in [0.3, 0.4) is 0 Å². The van der Waals surface area contributed by atoms with Crippen molar-refractivity contribution in [1.82, 2.24) is 5.32 Å². The second-order valence-electron chi connectivity index (χ2n) is 12.7. The van der Waals surface area contributed by atoms with Crippen molar-refractivity contribution in [2.75, 3.05) is 28.4 Å². The Hall–Kier alpha value is -6.05. The molecule has 4 aromatic carbocycles. The predicted octanol–water partition coefficient (Wildman–Crippen LogP) is 5.49. The van der Waals surface area contributed by atoms with E-state index in [1.54, 1.807) is 35.2 Å². The van der Waals surface area contributed by atoms with Crippen molar-refractivity contribution < 1.29 is 37.1 Å². The first-order valence-corrected chi connectivity index (χ1v) is 16.6. The number of alkyl halides is 3. The fraction of sp³-hybridized carbons (Fsp3) is 0.263. The number of hydrogen-bond acceptors (Lipinski definition) is 5. The van der Waals surface area contributed by atoms with Gasteiger partial charge in [-0.05, 0) is 65.9 Å². The third-order valence-corrected chi connectivity index (χ3v) is 9.54. The molecule has 0 radical (unpaired) electrons. The molecule has 11 nitrogen and oxygen atoms in total. The molecule has 0 unspecified atom stereocenters. The zero-order valence-electron chi connectivity index (χ0n) is 28.4. The van der Waals surface area contributed by atoms with E-state index in [0.717, 1.165) is 23.3 Å². The Bertz CT molecular complexity index is 2010. The molecule has 0 aliphatic carbocycles. The molecule has 270 valence electrons. The monoisotopic (exact) mass is 714 g/mol. The molecule has 0 saturated carbocycles. The first-order valence-electron chi connectivity index (χ1n) is 16.6. The van der Waals surface area contributed by atoms with E-state index < -0.39 is 47.8 Å². The molecule has 2 heterocycles. The van der Waals surface area contributed by atoms with Crippen LogP contribution in [0.5, 0.6) is 5.75 Å². The van der Waals surface area contributed by atoms with Crippen LogP contribution in [-0.2, 0) is 35.0 Å². The number of methoxy groups -OCH3 is 1. The van der Waals surface area contributed by atoms with Gasteiger partial charge in [0, 0.05) is 30.8 Å². The van der Waals surface area contributed by atoms with Crippen molar-refractivity contribution in [2.45, 2.75) is 50.5 Å². The highest BCUT2D eigenvalue weighted by Crippen LogP contribution is 2.43. The van der Waals surface area contributed by atoms with E-state index in [1.807, 2.05) is 49.4 Å². The lowest BCUT2D eigenvalue weighted by Crippen LogP contribution is -2.57. The molecule has 5 N–H and O–H groups in total. The Balaban J connectivity index is 1.27. The van der Waals surface area contributed by atoms with E-state index in [9.17, 15) is 32.3 Å². The highest BCUT2D eigenvalue weighted by Gasteiger charge is 2.42. The number of anilines is 3. The van der Waals surface area contributed by atoms with Crippen molar-refractivity contribution >= 4 is 40.9 Å². The second kappa shape index (κ2) is 14.3. The van der Waals surface area contributed by atoms with E-state index in [4.69, 9.17) is 16.2 Å². The number of nitrogens with two attached hydrogens (primary N) is 2. The van der Waals surface area contributed by atoms with Crippen LogP contribution in [0, 0.1) is 0 Å². The van der Waals surface area contributed by atoms with Crippen molar-refractivity contribution in [3.8, 4) is 5.75 Å². The number of halogens is 3. The average molecular weight is 715 g/mol. The number of rotatable bonds is 9. The fourth-order valence-corrected chi connectivity index (χ4v) is 7.02. The first kappa shape index (κ1) is 35.8. The van der Waals surface area contributed by atoms with Gasteiger partial charge in [-0.2, -0.15) is 13.2 Å². The van der Waals surface area contributed by atoms with Gasteiger partial charge in [0.15, 0.2) is 0 Å². The van der Waals surface area contributed by atoms with Gasteiger partial charge < -0.3 is 26.4 Å². The van der Waals surface area contributed by atoms with Gasteiger partial charge >= 0.3 is 18.2 Å². The van der Waals surface area contributed by atoms with Crippen molar-refractivity contribution in [1.29, 1.82) is 0 Å². The summed E-state index contributed by atoms with van der Waals surface area (Å²) in [5, 5.41) is 2.38. The van der Waals surface area contributed by atoms with Gasteiger partial charge in [-0.15, -0.1) is 0 Å². The molecule has 3 atom stereocenters. The third-order valence-electron chi connectivity index (χ3n) is 9.54. The molecule has 6 rings (SSSR count).